The molecule has 5 saturated heterocycles. The second kappa shape index (κ2) is 29.0. The van der Waals surface area contributed by atoms with Crippen LogP contribution in [0.1, 0.15) is 158 Å². The fourth-order valence-corrected chi connectivity index (χ4v) is 14.3. The van der Waals surface area contributed by atoms with Gasteiger partial charge in [0.2, 0.25) is 6.29 Å². The summed E-state index contributed by atoms with van der Waals surface area (Å²) in [5.74, 6) is -8.76. The molecule has 6 aliphatic heterocycles. The number of ether oxygens (including phenoxy) is 10. The second-order valence-corrected chi connectivity index (χ2v) is 26.5. The molecule has 480 valence electrons. The van der Waals surface area contributed by atoms with Gasteiger partial charge in [-0.15, -0.1) is 0 Å². The van der Waals surface area contributed by atoms with Crippen LogP contribution in [0.3, 0.4) is 0 Å². The highest BCUT2D eigenvalue weighted by molar-refractivity contribution is 6.30. The molecule has 24 atom stereocenters. The van der Waals surface area contributed by atoms with Gasteiger partial charge in [0.25, 0.3) is 0 Å². The number of esters is 3. The Labute approximate surface area is 505 Å². The molecule has 6 heterocycles. The van der Waals surface area contributed by atoms with Gasteiger partial charge in [-0.1, -0.05) is 88.4 Å². The minimum absolute atomic E-state index is 0.0194. The number of carbonyl (C=O) groups is 4. The number of Topliss-reactive ketones (excluding diaryl/α,β-unsaturated/α-hetero) is 1. The maximum Gasteiger partial charge on any atom is 0.310 e. The van der Waals surface area contributed by atoms with Gasteiger partial charge in [-0.3, -0.25) is 19.2 Å². The Bertz CT molecular complexity index is 2430. The quantitative estimate of drug-likeness (QED) is 0.0592. The number of carbonyl (C=O) groups excluding carboxylic acids is 4. The number of hydrogen-bond donors (Lipinski definition) is 7. The Morgan fingerprint density at radius 2 is 1.52 bits per heavy atom. The van der Waals surface area contributed by atoms with E-state index in [4.69, 9.17) is 59.0 Å². The molecule has 0 aromatic carbocycles. The van der Waals surface area contributed by atoms with Gasteiger partial charge in [0, 0.05) is 95.6 Å². The number of halogens is 1. The van der Waals surface area contributed by atoms with Crippen molar-refractivity contribution in [1.29, 1.82) is 0 Å². The summed E-state index contributed by atoms with van der Waals surface area (Å²) in [5.41, 5.74) is -1.40. The van der Waals surface area contributed by atoms with Crippen LogP contribution >= 0.6 is 11.6 Å². The summed E-state index contributed by atoms with van der Waals surface area (Å²) in [6.07, 6.45) is -8.49. The van der Waals surface area contributed by atoms with Gasteiger partial charge in [0.1, 0.15) is 24.1 Å². The van der Waals surface area contributed by atoms with Crippen molar-refractivity contribution in [1.82, 2.24) is 0 Å². The van der Waals surface area contributed by atoms with E-state index in [9.17, 15) is 54.9 Å². The van der Waals surface area contributed by atoms with E-state index in [1.54, 1.807) is 34.8 Å². The highest BCUT2D eigenvalue weighted by atomic mass is 35.5. The number of fused-ring (bicyclic) bond motifs is 8. The maximum atomic E-state index is 14.5. The molecule has 0 amide bonds. The first kappa shape index (κ1) is 69.0. The third-order valence-corrected chi connectivity index (χ3v) is 18.8. The van der Waals surface area contributed by atoms with Crippen LogP contribution in [0.25, 0.3) is 0 Å². The van der Waals surface area contributed by atoms with Gasteiger partial charge >= 0.3 is 17.9 Å². The van der Waals surface area contributed by atoms with E-state index in [0.717, 1.165) is 0 Å². The molecule has 85 heavy (non-hydrogen) atoms. The molecule has 7 rings (SSSR count). The predicted molar refractivity (Wildman–Crippen MR) is 307 cm³/mol. The summed E-state index contributed by atoms with van der Waals surface area (Å²) < 4.78 is 62.4. The van der Waals surface area contributed by atoms with Crippen molar-refractivity contribution in [3.05, 3.63) is 60.2 Å². The zero-order valence-corrected chi connectivity index (χ0v) is 51.5. The minimum atomic E-state index is -2.49. The first-order valence-corrected chi connectivity index (χ1v) is 30.7. The minimum Gasteiger partial charge on any atom is -0.462 e. The van der Waals surface area contributed by atoms with Crippen LogP contribution < -0.4 is 0 Å². The monoisotopic (exact) mass is 1220 g/mol. The fraction of sp³-hybridized carbons (Fsp3) is 0.778. The number of allylic oxidation sites excluding steroid dienone is 4. The van der Waals surface area contributed by atoms with Crippen molar-refractivity contribution >= 4 is 35.3 Å². The molecule has 0 radical (unpaired) electrons. The molecule has 2 spiro atoms. The van der Waals surface area contributed by atoms with E-state index in [0.29, 0.717) is 56.1 Å². The summed E-state index contributed by atoms with van der Waals surface area (Å²) in [7, 11) is 1.62. The van der Waals surface area contributed by atoms with E-state index in [2.05, 4.69) is 32.7 Å². The summed E-state index contributed by atoms with van der Waals surface area (Å²) >= 11 is 5.87. The molecule has 24 unspecified atom stereocenters. The normalized spacial score (nSPS) is 44.1. The molecule has 6 fully saturated rings. The molecule has 21 nitrogen and oxygen atoms in total. The number of hydrogen-bond acceptors (Lipinski definition) is 21. The van der Waals surface area contributed by atoms with Gasteiger partial charge in [0.15, 0.2) is 24.0 Å². The Morgan fingerprint density at radius 3 is 2.20 bits per heavy atom. The highest BCUT2D eigenvalue weighted by Crippen LogP contribution is 2.50. The predicted octanol–water partition coefficient (Wildman–Crippen LogP) is 6.12. The van der Waals surface area contributed by atoms with Crippen LogP contribution in [0.4, 0.5) is 0 Å². The lowest BCUT2D eigenvalue weighted by atomic mass is 9.65. The summed E-state index contributed by atoms with van der Waals surface area (Å²) in [4.78, 5) is 54.2. The van der Waals surface area contributed by atoms with E-state index in [1.165, 1.54) is 26.0 Å². The maximum absolute atomic E-state index is 14.5. The molecule has 10 bridgehead atoms. The smallest absolute Gasteiger partial charge is 0.310 e. The lowest BCUT2D eigenvalue weighted by molar-refractivity contribution is -0.402. The summed E-state index contributed by atoms with van der Waals surface area (Å²) in [5, 5.41) is 82.0. The number of aliphatic hydroxyl groups is 7. The van der Waals surface area contributed by atoms with E-state index in [1.807, 2.05) is 6.08 Å². The van der Waals surface area contributed by atoms with Gasteiger partial charge in [0.05, 0.1) is 78.5 Å². The lowest BCUT2D eigenvalue weighted by Crippen LogP contribution is -2.64. The van der Waals surface area contributed by atoms with E-state index < -0.39 is 157 Å². The molecule has 0 aromatic rings. The highest BCUT2D eigenvalue weighted by Gasteiger charge is 2.57. The SMILES string of the molecule is C=C(Cl)/C=C/C(O)CC(=C)CC1OC2OC(OC(=O)CC3CC(OC(C)=O)CC4(CC(C)(O)CC(CC(=C)C(C)C(OC(C)=O)C(C)C(=O)CC5CC(OC)CC6(CC(O)CC(C=CCCCC7OC(O)(CC(O)C7C)C2O)C6C)O5)O4)O3)C1O. The van der Waals surface area contributed by atoms with Crippen LogP contribution in [0.15, 0.2) is 60.2 Å². The van der Waals surface area contributed by atoms with Crippen molar-refractivity contribution in [3.63, 3.8) is 0 Å². The number of methoxy groups -OCH3 is 1. The standard InChI is InChI=1S/C63H95ClO21/c1-33(19-43(67)18-17-35(3)64)20-53-55(72)58-80-54(71)26-46-24-48(77-40(8)65)30-62(83-46)32-60(10,74)28-49(84-62)21-34(2)36(4)56(78-41(9)66)38(6)50(69)25-45-23-47(76-11)29-61(82-45)27-44(68)22-42(39(61)7)15-13-12-14-16-52-37(5)51(70)31-63(75,85-52)57(73)59(79-53)81-58/h13,15,17-18,36-39,42-49,51-53,55-59,67-68,70,72-75H,1-3,12,14,16,19-32H2,4-11H3/b15-13?,18-17+. The first-order chi connectivity index (χ1) is 39.8. The van der Waals surface area contributed by atoms with Crippen molar-refractivity contribution < 1.29 is 102 Å². The molecule has 1 aliphatic carbocycles. The Hall–Kier alpha value is -3.49. The Kier molecular flexibility index (Phi) is 23.5. The van der Waals surface area contributed by atoms with Crippen molar-refractivity contribution in [2.75, 3.05) is 7.11 Å². The zero-order chi connectivity index (χ0) is 62.5. The fourth-order valence-electron chi connectivity index (χ4n) is 14.3. The van der Waals surface area contributed by atoms with Crippen molar-refractivity contribution in [2.45, 2.75) is 272 Å². The average molecular weight is 1220 g/mol. The van der Waals surface area contributed by atoms with Crippen molar-refractivity contribution in [2.24, 2.45) is 29.6 Å². The van der Waals surface area contributed by atoms with E-state index >= 15 is 0 Å². The zero-order valence-electron chi connectivity index (χ0n) is 50.7. The van der Waals surface area contributed by atoms with Crippen LogP contribution in [0, 0.1) is 29.6 Å². The largest absolute Gasteiger partial charge is 0.462 e. The number of rotatable bonds is 9. The lowest BCUT2D eigenvalue weighted by Gasteiger charge is -2.53. The van der Waals surface area contributed by atoms with Crippen LogP contribution in [0.5, 0.6) is 0 Å². The molecular formula is C63H95ClO21. The average Bonchev–Trinajstić information content (AvgIpc) is 1.25. The van der Waals surface area contributed by atoms with Crippen molar-refractivity contribution in [3.8, 4) is 0 Å². The third kappa shape index (κ3) is 17.9. The first-order valence-electron chi connectivity index (χ1n) is 30.3. The molecule has 1 saturated carbocycles. The molecule has 22 heteroatoms. The number of aliphatic hydroxyl groups excluding tert-OH is 5. The van der Waals surface area contributed by atoms with Gasteiger partial charge in [-0.2, -0.15) is 0 Å². The molecule has 7 N–H and O–H groups in total. The Balaban J connectivity index is 1.22. The number of ketones is 1. The van der Waals surface area contributed by atoms with E-state index in [-0.39, 0.29) is 80.1 Å². The topological polar surface area (TPSA) is 302 Å². The third-order valence-electron chi connectivity index (χ3n) is 18.6. The van der Waals surface area contributed by atoms with Gasteiger partial charge in [-0.25, -0.2) is 0 Å². The van der Waals surface area contributed by atoms with Crippen LogP contribution in [-0.4, -0.2) is 181 Å². The van der Waals surface area contributed by atoms with Gasteiger partial charge < -0.3 is 83.1 Å². The summed E-state index contributed by atoms with van der Waals surface area (Å²) in [6.45, 7) is 23.5. The Morgan fingerprint density at radius 1 is 0.835 bits per heavy atom. The molecule has 7 aliphatic rings. The molecular weight excluding hydrogens is 1130 g/mol. The second-order valence-electron chi connectivity index (χ2n) is 26.0. The van der Waals surface area contributed by atoms with Crippen LogP contribution in [-0.2, 0) is 66.5 Å². The van der Waals surface area contributed by atoms with Gasteiger partial charge in [-0.05, 0) is 69.8 Å². The molecule has 0 aromatic heterocycles. The summed E-state index contributed by atoms with van der Waals surface area (Å²) in [6, 6.07) is 0. The van der Waals surface area contributed by atoms with Crippen LogP contribution in [0.2, 0.25) is 0 Å².